The molecule has 0 bridgehead atoms. The summed E-state index contributed by atoms with van der Waals surface area (Å²) in [5.41, 5.74) is 2.76. The Labute approximate surface area is 98.5 Å². The fraction of sp³-hybridized carbons (Fsp3) is 0.0714. The molecule has 3 nitrogen and oxygen atoms in total. The first-order chi connectivity index (χ1) is 8.24. The van der Waals surface area contributed by atoms with Gasteiger partial charge in [-0.3, -0.25) is 0 Å². The highest BCUT2D eigenvalue weighted by molar-refractivity contribution is 5.68. The van der Waals surface area contributed by atoms with Crippen LogP contribution in [0.3, 0.4) is 0 Å². The van der Waals surface area contributed by atoms with Crippen molar-refractivity contribution in [1.29, 1.82) is 0 Å². The van der Waals surface area contributed by atoms with Crippen LogP contribution in [0.5, 0.6) is 5.75 Å². The fourth-order valence-corrected chi connectivity index (χ4v) is 1.88. The van der Waals surface area contributed by atoms with Crippen LogP contribution in [-0.4, -0.2) is 5.11 Å². The molecule has 0 unspecified atom stereocenters. The van der Waals surface area contributed by atoms with E-state index >= 15 is 0 Å². The quantitative estimate of drug-likeness (QED) is 0.648. The number of aryl methyl sites for hydroxylation is 1. The predicted molar refractivity (Wildman–Crippen MR) is 63.7 cm³/mol. The summed E-state index contributed by atoms with van der Waals surface area (Å²) in [4.78, 5) is 0. The molecule has 2 aromatic heterocycles. The van der Waals surface area contributed by atoms with E-state index in [0.717, 1.165) is 11.1 Å². The molecule has 0 atom stereocenters. The van der Waals surface area contributed by atoms with Crippen LogP contribution in [0.4, 0.5) is 0 Å². The number of pyridine rings is 1. The van der Waals surface area contributed by atoms with Crippen LogP contribution in [0.25, 0.3) is 16.8 Å². The molecule has 1 aromatic carbocycles. The van der Waals surface area contributed by atoms with Gasteiger partial charge in [-0.05, 0) is 25.1 Å². The maximum Gasteiger partial charge on any atom is 0.262 e. The van der Waals surface area contributed by atoms with E-state index in [-0.39, 0.29) is 5.75 Å². The molecule has 3 heteroatoms. The van der Waals surface area contributed by atoms with E-state index in [1.54, 1.807) is 10.6 Å². The Bertz CT molecular complexity index is 653. The Kier molecular flexibility index (Phi) is 2.11. The van der Waals surface area contributed by atoms with Crippen molar-refractivity contribution in [3.05, 3.63) is 54.2 Å². The molecule has 84 valence electrons. The summed E-state index contributed by atoms with van der Waals surface area (Å²) in [6.45, 7) is 1.98. The Morgan fingerprint density at radius 2 is 2.00 bits per heavy atom. The number of phenolic OH excluding ortho intramolecular Hbond substituents is 1. The number of hydrogen-bond acceptors (Lipinski definition) is 2. The minimum Gasteiger partial charge on any atom is -0.507 e. The van der Waals surface area contributed by atoms with Crippen LogP contribution in [0.2, 0.25) is 0 Å². The lowest BCUT2D eigenvalue weighted by Crippen LogP contribution is -2.15. The zero-order valence-corrected chi connectivity index (χ0v) is 9.42. The molecular formula is C14H12NO2+. The first-order valence-electron chi connectivity index (χ1n) is 5.45. The van der Waals surface area contributed by atoms with Gasteiger partial charge in [-0.25, -0.2) is 4.52 Å². The van der Waals surface area contributed by atoms with Gasteiger partial charge in [-0.15, -0.1) is 0 Å². The molecule has 2 heterocycles. The van der Waals surface area contributed by atoms with Crippen molar-refractivity contribution in [2.24, 2.45) is 0 Å². The Balaban J connectivity index is 2.23. The van der Waals surface area contributed by atoms with Crippen LogP contribution in [-0.2, 0) is 0 Å². The monoisotopic (exact) mass is 226 g/mol. The molecule has 3 rings (SSSR count). The van der Waals surface area contributed by atoms with Gasteiger partial charge >= 0.3 is 0 Å². The second kappa shape index (κ2) is 3.63. The molecule has 0 aliphatic rings. The molecule has 0 amide bonds. The highest BCUT2D eigenvalue weighted by Gasteiger charge is 2.15. The first kappa shape index (κ1) is 9.90. The first-order valence-corrected chi connectivity index (χ1v) is 5.45. The smallest absolute Gasteiger partial charge is 0.262 e. The standard InChI is InChI=1S/C14H11NO2/c1-10-5-6-13(16)12(8-10)14-9-11-4-2-3-7-15(11)17-14/h2-9H,1H3/p+1. The van der Waals surface area contributed by atoms with Crippen LogP contribution in [0, 0.1) is 6.92 Å². The Morgan fingerprint density at radius 3 is 2.82 bits per heavy atom. The van der Waals surface area contributed by atoms with Crippen molar-refractivity contribution >= 4 is 5.52 Å². The van der Waals surface area contributed by atoms with Gasteiger partial charge in [0.1, 0.15) is 5.75 Å². The summed E-state index contributed by atoms with van der Waals surface area (Å²) in [6, 6.07) is 13.2. The summed E-state index contributed by atoms with van der Waals surface area (Å²) in [7, 11) is 0. The zero-order chi connectivity index (χ0) is 11.8. The normalized spacial score (nSPS) is 10.9. The molecule has 17 heavy (non-hydrogen) atoms. The third kappa shape index (κ3) is 1.65. The molecule has 0 fully saturated rings. The topological polar surface area (TPSA) is 37.5 Å². The molecule has 0 saturated carbocycles. The van der Waals surface area contributed by atoms with E-state index in [4.69, 9.17) is 4.52 Å². The molecule has 0 aliphatic heterocycles. The average molecular weight is 226 g/mol. The van der Waals surface area contributed by atoms with Gasteiger partial charge in [-0.1, -0.05) is 11.6 Å². The van der Waals surface area contributed by atoms with Gasteiger partial charge in [0.15, 0.2) is 0 Å². The third-order valence-corrected chi connectivity index (χ3v) is 2.75. The van der Waals surface area contributed by atoms with Crippen molar-refractivity contribution < 1.29 is 14.2 Å². The summed E-state index contributed by atoms with van der Waals surface area (Å²) < 4.78 is 7.32. The summed E-state index contributed by atoms with van der Waals surface area (Å²) in [6.07, 6.45) is 1.84. The summed E-state index contributed by atoms with van der Waals surface area (Å²) in [5.74, 6) is 0.896. The summed E-state index contributed by atoms with van der Waals surface area (Å²) >= 11 is 0. The Hall–Kier alpha value is -2.29. The number of fused-ring (bicyclic) bond motifs is 1. The van der Waals surface area contributed by atoms with E-state index in [9.17, 15) is 5.11 Å². The van der Waals surface area contributed by atoms with E-state index < -0.39 is 0 Å². The van der Waals surface area contributed by atoms with Crippen LogP contribution < -0.4 is 4.57 Å². The molecule has 1 N–H and O–H groups in total. The molecule has 0 spiro atoms. The van der Waals surface area contributed by atoms with Gasteiger partial charge in [0.05, 0.1) is 11.6 Å². The van der Waals surface area contributed by atoms with E-state index in [2.05, 4.69) is 0 Å². The second-order valence-electron chi connectivity index (χ2n) is 4.07. The van der Waals surface area contributed by atoms with Gasteiger partial charge < -0.3 is 5.11 Å². The molecule has 3 aromatic rings. The number of nitrogens with zero attached hydrogens (tertiary/aromatic N) is 1. The fourth-order valence-electron chi connectivity index (χ4n) is 1.88. The van der Waals surface area contributed by atoms with Crippen molar-refractivity contribution in [1.82, 2.24) is 0 Å². The molecule has 0 radical (unpaired) electrons. The van der Waals surface area contributed by atoms with Crippen molar-refractivity contribution in [2.45, 2.75) is 6.92 Å². The van der Waals surface area contributed by atoms with Gasteiger partial charge in [0.2, 0.25) is 12.0 Å². The third-order valence-electron chi connectivity index (χ3n) is 2.75. The number of rotatable bonds is 1. The van der Waals surface area contributed by atoms with E-state index in [1.807, 2.05) is 49.5 Å². The number of hydrogen-bond donors (Lipinski definition) is 1. The van der Waals surface area contributed by atoms with Crippen LogP contribution in [0.1, 0.15) is 5.56 Å². The number of phenols is 1. The average Bonchev–Trinajstić information content (AvgIpc) is 2.75. The van der Waals surface area contributed by atoms with Crippen molar-refractivity contribution in [3.63, 3.8) is 0 Å². The SMILES string of the molecule is Cc1ccc(O)c(-c2cc3cccc[n+]3o2)c1. The lowest BCUT2D eigenvalue weighted by Gasteiger charge is -1.99. The van der Waals surface area contributed by atoms with Crippen molar-refractivity contribution in [3.8, 4) is 17.1 Å². The second-order valence-corrected chi connectivity index (χ2v) is 4.07. The number of aromatic hydroxyl groups is 1. The maximum absolute atomic E-state index is 9.84. The van der Waals surface area contributed by atoms with Gasteiger partial charge in [0, 0.05) is 16.7 Å². The van der Waals surface area contributed by atoms with Gasteiger partial charge in [-0.2, -0.15) is 0 Å². The van der Waals surface area contributed by atoms with Gasteiger partial charge in [0.25, 0.3) is 5.52 Å². The molecular weight excluding hydrogens is 214 g/mol. The van der Waals surface area contributed by atoms with Crippen LogP contribution in [0.15, 0.2) is 53.2 Å². The highest BCUT2D eigenvalue weighted by Crippen LogP contribution is 2.29. The molecule has 0 saturated heterocycles. The van der Waals surface area contributed by atoms with Crippen molar-refractivity contribution in [2.75, 3.05) is 0 Å². The minimum absolute atomic E-state index is 0.232. The molecule has 0 aliphatic carbocycles. The number of aromatic nitrogens is 1. The summed E-state index contributed by atoms with van der Waals surface area (Å²) in [5, 5.41) is 9.84. The maximum atomic E-state index is 9.84. The number of benzene rings is 1. The zero-order valence-electron chi connectivity index (χ0n) is 9.42. The lowest BCUT2D eigenvalue weighted by atomic mass is 10.1. The largest absolute Gasteiger partial charge is 0.507 e. The lowest BCUT2D eigenvalue weighted by molar-refractivity contribution is -0.714. The minimum atomic E-state index is 0.232. The van der Waals surface area contributed by atoms with E-state index in [0.29, 0.717) is 11.3 Å². The Morgan fingerprint density at radius 1 is 1.12 bits per heavy atom. The predicted octanol–water partition coefficient (Wildman–Crippen LogP) is 2.70. The highest BCUT2D eigenvalue weighted by atomic mass is 16.5. The van der Waals surface area contributed by atoms with E-state index in [1.165, 1.54) is 0 Å². The van der Waals surface area contributed by atoms with Crippen LogP contribution >= 0.6 is 0 Å².